The molecule has 2 aromatic rings. The molecule has 0 bridgehead atoms. The minimum absolute atomic E-state index is 0.112. The van der Waals surface area contributed by atoms with Crippen LogP contribution >= 0.6 is 0 Å². The second-order valence-electron chi connectivity index (χ2n) is 6.47. The molecule has 2 N–H and O–H groups in total. The molecular weight excluding hydrogens is 380 g/mol. The summed E-state index contributed by atoms with van der Waals surface area (Å²) in [6, 6.07) is 12.2. The first-order chi connectivity index (χ1) is 13.2. The maximum atomic E-state index is 12.4. The number of anilines is 1. The molecular formula is C20H26N2O5S. The van der Waals surface area contributed by atoms with Gasteiger partial charge in [-0.25, -0.2) is 8.42 Å². The number of methoxy groups -OCH3 is 2. The Balaban J connectivity index is 1.99. The quantitative estimate of drug-likeness (QED) is 0.668. The Bertz CT molecular complexity index is 928. The molecule has 2 rings (SSSR count). The number of carbonyl (C=O) groups is 1. The van der Waals surface area contributed by atoms with Crippen LogP contribution in [0.3, 0.4) is 0 Å². The summed E-state index contributed by atoms with van der Waals surface area (Å²) in [5, 5.41) is 2.93. The summed E-state index contributed by atoms with van der Waals surface area (Å²) in [4.78, 5) is 12.4. The monoisotopic (exact) mass is 406 g/mol. The van der Waals surface area contributed by atoms with E-state index in [1.807, 2.05) is 31.2 Å². The van der Waals surface area contributed by atoms with Crippen molar-refractivity contribution >= 4 is 21.6 Å². The number of amides is 1. The Kier molecular flexibility index (Phi) is 7.28. The summed E-state index contributed by atoms with van der Waals surface area (Å²) in [6.07, 6.45) is 1.89. The highest BCUT2D eigenvalue weighted by molar-refractivity contribution is 7.92. The number of ether oxygens (including phenoxy) is 2. The molecule has 1 atom stereocenters. The summed E-state index contributed by atoms with van der Waals surface area (Å²) < 4.78 is 35.8. The number of sulfonamides is 1. The van der Waals surface area contributed by atoms with Crippen LogP contribution in [0.1, 0.15) is 30.5 Å². The van der Waals surface area contributed by atoms with Crippen LogP contribution in [0.2, 0.25) is 0 Å². The minimum atomic E-state index is -3.35. The average molecular weight is 407 g/mol. The highest BCUT2D eigenvalue weighted by Crippen LogP contribution is 2.25. The van der Waals surface area contributed by atoms with E-state index < -0.39 is 10.0 Å². The first kappa shape index (κ1) is 21.6. The molecule has 28 heavy (non-hydrogen) atoms. The SMILES string of the molecule is COc1ccc(OC)c(CCC(=O)NC(C)c2cccc(NS(C)(=O)=O)c2)c1. The molecule has 8 heteroatoms. The fraction of sp³-hybridized carbons (Fsp3) is 0.350. The van der Waals surface area contributed by atoms with E-state index in [2.05, 4.69) is 10.0 Å². The van der Waals surface area contributed by atoms with E-state index in [0.29, 0.717) is 23.6 Å². The van der Waals surface area contributed by atoms with Gasteiger partial charge in [-0.2, -0.15) is 0 Å². The lowest BCUT2D eigenvalue weighted by Gasteiger charge is -2.16. The molecule has 0 heterocycles. The molecule has 0 spiro atoms. The summed E-state index contributed by atoms with van der Waals surface area (Å²) in [5.41, 5.74) is 2.16. The van der Waals surface area contributed by atoms with Crippen LogP contribution in [-0.4, -0.2) is 34.8 Å². The lowest BCUT2D eigenvalue weighted by atomic mass is 10.1. The molecule has 0 saturated carbocycles. The zero-order chi connectivity index (χ0) is 20.7. The maximum Gasteiger partial charge on any atom is 0.229 e. The van der Waals surface area contributed by atoms with Gasteiger partial charge >= 0.3 is 0 Å². The summed E-state index contributed by atoms with van der Waals surface area (Å²) in [5.74, 6) is 1.31. The van der Waals surface area contributed by atoms with E-state index in [9.17, 15) is 13.2 Å². The second-order valence-corrected chi connectivity index (χ2v) is 8.22. The number of rotatable bonds is 9. The molecule has 0 radical (unpaired) electrons. The van der Waals surface area contributed by atoms with E-state index in [4.69, 9.17) is 9.47 Å². The first-order valence-electron chi connectivity index (χ1n) is 8.80. The molecule has 2 aromatic carbocycles. The van der Waals surface area contributed by atoms with Crippen molar-refractivity contribution in [1.29, 1.82) is 0 Å². The standard InChI is InChI=1S/C20H26N2O5S/c1-14(15-6-5-7-17(12-15)22-28(4,24)25)21-20(23)11-8-16-13-18(26-2)9-10-19(16)27-3/h5-7,9-10,12-14,22H,8,11H2,1-4H3,(H,21,23). The van der Waals surface area contributed by atoms with Crippen molar-refractivity contribution in [3.8, 4) is 11.5 Å². The van der Waals surface area contributed by atoms with Crippen LogP contribution in [0.15, 0.2) is 42.5 Å². The lowest BCUT2D eigenvalue weighted by Crippen LogP contribution is -2.27. The van der Waals surface area contributed by atoms with Gasteiger partial charge in [-0.15, -0.1) is 0 Å². The Labute approximate surface area is 166 Å². The molecule has 152 valence electrons. The fourth-order valence-electron chi connectivity index (χ4n) is 2.81. The summed E-state index contributed by atoms with van der Waals surface area (Å²) in [6.45, 7) is 1.85. The fourth-order valence-corrected chi connectivity index (χ4v) is 3.36. The van der Waals surface area contributed by atoms with Crippen LogP contribution in [0.25, 0.3) is 0 Å². The van der Waals surface area contributed by atoms with Gasteiger partial charge in [0.2, 0.25) is 15.9 Å². The molecule has 0 aromatic heterocycles. The third-order valence-corrected chi connectivity index (χ3v) is 4.78. The van der Waals surface area contributed by atoms with Crippen molar-refractivity contribution in [1.82, 2.24) is 5.32 Å². The van der Waals surface area contributed by atoms with Gasteiger partial charge in [-0.3, -0.25) is 9.52 Å². The molecule has 0 aliphatic heterocycles. The predicted octanol–water partition coefficient (Wildman–Crippen LogP) is 2.89. The third-order valence-electron chi connectivity index (χ3n) is 4.18. The number of hydrogen-bond acceptors (Lipinski definition) is 5. The number of carbonyl (C=O) groups excluding carboxylic acids is 1. The van der Waals surface area contributed by atoms with Gasteiger partial charge < -0.3 is 14.8 Å². The minimum Gasteiger partial charge on any atom is -0.497 e. The molecule has 1 amide bonds. The van der Waals surface area contributed by atoms with Crippen molar-refractivity contribution < 1.29 is 22.7 Å². The maximum absolute atomic E-state index is 12.4. The van der Waals surface area contributed by atoms with E-state index >= 15 is 0 Å². The summed E-state index contributed by atoms with van der Waals surface area (Å²) >= 11 is 0. The van der Waals surface area contributed by atoms with Gasteiger partial charge in [-0.1, -0.05) is 12.1 Å². The van der Waals surface area contributed by atoms with Crippen LogP contribution in [0, 0.1) is 0 Å². The molecule has 0 fully saturated rings. The average Bonchev–Trinajstić information content (AvgIpc) is 2.64. The van der Waals surface area contributed by atoms with Crippen molar-refractivity contribution in [2.24, 2.45) is 0 Å². The van der Waals surface area contributed by atoms with Crippen molar-refractivity contribution in [2.45, 2.75) is 25.8 Å². The molecule has 0 saturated heterocycles. The Morgan fingerprint density at radius 1 is 1.11 bits per heavy atom. The van der Waals surface area contributed by atoms with Gasteiger partial charge in [0.05, 0.1) is 26.5 Å². The van der Waals surface area contributed by atoms with Gasteiger partial charge in [0, 0.05) is 12.1 Å². The van der Waals surface area contributed by atoms with E-state index in [0.717, 1.165) is 17.4 Å². The highest BCUT2D eigenvalue weighted by Gasteiger charge is 2.13. The summed E-state index contributed by atoms with van der Waals surface area (Å²) in [7, 11) is -0.176. The van der Waals surface area contributed by atoms with Gasteiger partial charge in [0.15, 0.2) is 0 Å². The zero-order valence-electron chi connectivity index (χ0n) is 16.5. The van der Waals surface area contributed by atoms with E-state index in [1.165, 1.54) is 0 Å². The first-order valence-corrected chi connectivity index (χ1v) is 10.7. The molecule has 1 unspecified atom stereocenters. The lowest BCUT2D eigenvalue weighted by molar-refractivity contribution is -0.121. The highest BCUT2D eigenvalue weighted by atomic mass is 32.2. The largest absolute Gasteiger partial charge is 0.497 e. The van der Waals surface area contributed by atoms with Crippen LogP contribution in [0.5, 0.6) is 11.5 Å². The number of nitrogens with one attached hydrogen (secondary N) is 2. The van der Waals surface area contributed by atoms with Crippen LogP contribution in [-0.2, 0) is 21.2 Å². The Hall–Kier alpha value is -2.74. The Morgan fingerprint density at radius 3 is 2.50 bits per heavy atom. The predicted molar refractivity (Wildman–Crippen MR) is 109 cm³/mol. The molecule has 7 nitrogen and oxygen atoms in total. The number of aryl methyl sites for hydroxylation is 1. The normalized spacial score (nSPS) is 12.1. The van der Waals surface area contributed by atoms with Crippen molar-refractivity contribution in [3.63, 3.8) is 0 Å². The molecule has 0 aliphatic carbocycles. The van der Waals surface area contributed by atoms with Crippen LogP contribution < -0.4 is 19.5 Å². The third kappa shape index (κ3) is 6.45. The van der Waals surface area contributed by atoms with E-state index in [1.54, 1.807) is 32.4 Å². The van der Waals surface area contributed by atoms with Crippen molar-refractivity contribution in [3.05, 3.63) is 53.6 Å². The second kappa shape index (κ2) is 9.45. The zero-order valence-corrected chi connectivity index (χ0v) is 17.3. The van der Waals surface area contributed by atoms with Crippen molar-refractivity contribution in [2.75, 3.05) is 25.2 Å². The Morgan fingerprint density at radius 2 is 1.86 bits per heavy atom. The topological polar surface area (TPSA) is 93.7 Å². The van der Waals surface area contributed by atoms with E-state index in [-0.39, 0.29) is 18.4 Å². The smallest absolute Gasteiger partial charge is 0.229 e. The van der Waals surface area contributed by atoms with Gasteiger partial charge in [0.1, 0.15) is 11.5 Å². The molecule has 0 aliphatic rings. The number of benzene rings is 2. The van der Waals surface area contributed by atoms with Gasteiger partial charge in [0.25, 0.3) is 0 Å². The van der Waals surface area contributed by atoms with Crippen LogP contribution in [0.4, 0.5) is 5.69 Å². The van der Waals surface area contributed by atoms with Gasteiger partial charge in [-0.05, 0) is 54.8 Å². The number of hydrogen-bond donors (Lipinski definition) is 2.